The van der Waals surface area contributed by atoms with Gasteiger partial charge in [-0.1, -0.05) is 30.3 Å². The van der Waals surface area contributed by atoms with Crippen LogP contribution in [0.2, 0.25) is 0 Å². The molecular formula is C22H37N5O. The van der Waals surface area contributed by atoms with Gasteiger partial charge >= 0.3 is 0 Å². The molecule has 156 valence electrons. The van der Waals surface area contributed by atoms with Gasteiger partial charge < -0.3 is 15.4 Å². The van der Waals surface area contributed by atoms with E-state index in [4.69, 9.17) is 9.73 Å². The van der Waals surface area contributed by atoms with Crippen LogP contribution in [0.3, 0.4) is 0 Å². The Balaban J connectivity index is 1.35. The molecule has 0 spiro atoms. The third kappa shape index (κ3) is 6.76. The number of hydrogen-bond donors (Lipinski definition) is 2. The molecule has 1 aromatic carbocycles. The minimum atomic E-state index is -0.0859. The highest BCUT2D eigenvalue weighted by atomic mass is 16.5. The smallest absolute Gasteiger partial charge is 0.191 e. The predicted molar refractivity (Wildman–Crippen MR) is 116 cm³/mol. The van der Waals surface area contributed by atoms with Crippen LogP contribution in [0.5, 0.6) is 0 Å². The summed E-state index contributed by atoms with van der Waals surface area (Å²) in [5, 5.41) is 6.84. The van der Waals surface area contributed by atoms with Gasteiger partial charge in [0.25, 0.3) is 0 Å². The van der Waals surface area contributed by atoms with Gasteiger partial charge in [0.15, 0.2) is 5.96 Å². The Morgan fingerprint density at radius 1 is 1.11 bits per heavy atom. The number of rotatable bonds is 8. The molecular weight excluding hydrogens is 350 g/mol. The first-order valence-electron chi connectivity index (χ1n) is 10.8. The molecule has 1 aromatic rings. The summed E-state index contributed by atoms with van der Waals surface area (Å²) < 4.78 is 5.85. The lowest BCUT2D eigenvalue weighted by atomic mass is 10.0. The Bertz CT molecular complexity index is 592. The largest absolute Gasteiger partial charge is 0.373 e. The quantitative estimate of drug-likeness (QED) is 0.527. The molecule has 0 aliphatic carbocycles. The monoisotopic (exact) mass is 387 g/mol. The van der Waals surface area contributed by atoms with Gasteiger partial charge in [0.2, 0.25) is 0 Å². The Hall–Kier alpha value is -1.63. The summed E-state index contributed by atoms with van der Waals surface area (Å²) in [6.07, 6.45) is 2.25. The van der Waals surface area contributed by atoms with Crippen LogP contribution in [0.4, 0.5) is 0 Å². The summed E-state index contributed by atoms with van der Waals surface area (Å²) in [6.45, 7) is 14.3. The van der Waals surface area contributed by atoms with Crippen molar-refractivity contribution in [2.75, 3.05) is 59.0 Å². The standard InChI is InChI=1S/C22H37N5O/c1-3-23-21(25-19-22(2)10-7-17-28-22)24-11-12-26-13-15-27(16-14-26)18-20-8-5-4-6-9-20/h4-6,8-9H,3,7,10-19H2,1-2H3,(H2,23,24,25). The van der Waals surface area contributed by atoms with E-state index in [-0.39, 0.29) is 5.60 Å². The Morgan fingerprint density at radius 3 is 2.54 bits per heavy atom. The summed E-state index contributed by atoms with van der Waals surface area (Å²) in [6, 6.07) is 10.8. The molecule has 0 amide bonds. The molecule has 2 aliphatic heterocycles. The summed E-state index contributed by atoms with van der Waals surface area (Å²) in [7, 11) is 0. The fourth-order valence-corrected chi connectivity index (χ4v) is 3.89. The van der Waals surface area contributed by atoms with Crippen molar-refractivity contribution in [3.05, 3.63) is 35.9 Å². The second-order valence-electron chi connectivity index (χ2n) is 8.13. The molecule has 3 rings (SSSR count). The number of hydrogen-bond acceptors (Lipinski definition) is 4. The van der Waals surface area contributed by atoms with Gasteiger partial charge in [-0.2, -0.15) is 0 Å². The normalized spacial score (nSPS) is 24.4. The summed E-state index contributed by atoms with van der Waals surface area (Å²) in [5.74, 6) is 0.905. The molecule has 1 atom stereocenters. The second kappa shape index (κ2) is 10.8. The molecule has 0 radical (unpaired) electrons. The van der Waals surface area contributed by atoms with Crippen LogP contribution < -0.4 is 10.6 Å². The maximum Gasteiger partial charge on any atom is 0.191 e. The first kappa shape index (κ1) is 21.1. The zero-order chi connectivity index (χ0) is 19.7. The van der Waals surface area contributed by atoms with Gasteiger partial charge in [-0.05, 0) is 32.3 Å². The molecule has 6 heteroatoms. The maximum absolute atomic E-state index is 5.85. The Morgan fingerprint density at radius 2 is 1.86 bits per heavy atom. The van der Waals surface area contributed by atoms with Crippen LogP contribution in [0.15, 0.2) is 35.3 Å². The van der Waals surface area contributed by atoms with Crippen molar-refractivity contribution in [3.8, 4) is 0 Å². The minimum Gasteiger partial charge on any atom is -0.373 e. The number of guanidine groups is 1. The van der Waals surface area contributed by atoms with E-state index in [1.165, 1.54) is 5.56 Å². The molecule has 2 N–H and O–H groups in total. The lowest BCUT2D eigenvalue weighted by molar-refractivity contribution is 0.0283. The van der Waals surface area contributed by atoms with E-state index in [1.54, 1.807) is 0 Å². The predicted octanol–water partition coefficient (Wildman–Crippen LogP) is 1.93. The van der Waals surface area contributed by atoms with E-state index in [1.807, 2.05) is 0 Å². The first-order chi connectivity index (χ1) is 13.7. The zero-order valence-corrected chi connectivity index (χ0v) is 17.6. The fourth-order valence-electron chi connectivity index (χ4n) is 3.89. The van der Waals surface area contributed by atoms with Crippen molar-refractivity contribution in [2.45, 2.75) is 38.8 Å². The molecule has 0 bridgehead atoms. The molecule has 1 unspecified atom stereocenters. The number of nitrogens with one attached hydrogen (secondary N) is 2. The summed E-state index contributed by atoms with van der Waals surface area (Å²) in [4.78, 5) is 9.84. The number of aliphatic imine (C=N–C) groups is 1. The number of benzene rings is 1. The number of nitrogens with zero attached hydrogens (tertiary/aromatic N) is 3. The van der Waals surface area contributed by atoms with Gasteiger partial charge in [-0.25, -0.2) is 0 Å². The first-order valence-corrected chi connectivity index (χ1v) is 10.8. The molecule has 6 nitrogen and oxygen atoms in total. The van der Waals surface area contributed by atoms with E-state index < -0.39 is 0 Å². The average Bonchev–Trinajstić information content (AvgIpc) is 3.15. The van der Waals surface area contributed by atoms with Crippen molar-refractivity contribution in [1.29, 1.82) is 0 Å². The average molecular weight is 388 g/mol. The van der Waals surface area contributed by atoms with Crippen LogP contribution in [-0.4, -0.2) is 80.3 Å². The van der Waals surface area contributed by atoms with Crippen molar-refractivity contribution in [3.63, 3.8) is 0 Å². The zero-order valence-electron chi connectivity index (χ0n) is 17.6. The molecule has 2 heterocycles. The Labute approximate surface area is 170 Å². The Kier molecular flexibility index (Phi) is 8.13. The lowest BCUT2D eigenvalue weighted by Crippen LogP contribution is -2.49. The highest BCUT2D eigenvalue weighted by Crippen LogP contribution is 2.24. The molecule has 2 saturated heterocycles. The molecule has 2 aliphatic rings. The number of piperazine rings is 1. The van der Waals surface area contributed by atoms with Crippen LogP contribution in [0.1, 0.15) is 32.3 Å². The van der Waals surface area contributed by atoms with E-state index >= 15 is 0 Å². The molecule has 28 heavy (non-hydrogen) atoms. The minimum absolute atomic E-state index is 0.0859. The fraction of sp³-hybridized carbons (Fsp3) is 0.682. The van der Waals surface area contributed by atoms with Crippen LogP contribution in [0.25, 0.3) is 0 Å². The van der Waals surface area contributed by atoms with E-state index in [0.717, 1.165) is 84.3 Å². The van der Waals surface area contributed by atoms with E-state index in [0.29, 0.717) is 0 Å². The third-order valence-corrected chi connectivity index (χ3v) is 5.65. The SMILES string of the molecule is CCNC(=NCC1(C)CCCO1)NCCN1CCN(Cc2ccccc2)CC1. The molecule has 2 fully saturated rings. The lowest BCUT2D eigenvalue weighted by Gasteiger charge is -2.34. The topological polar surface area (TPSA) is 52.1 Å². The van der Waals surface area contributed by atoms with Crippen molar-refractivity contribution >= 4 is 5.96 Å². The summed E-state index contributed by atoms with van der Waals surface area (Å²) >= 11 is 0. The molecule has 0 aromatic heterocycles. The van der Waals surface area contributed by atoms with E-state index in [9.17, 15) is 0 Å². The van der Waals surface area contributed by atoms with Gasteiger partial charge in [-0.3, -0.25) is 14.8 Å². The highest BCUT2D eigenvalue weighted by molar-refractivity contribution is 5.79. The highest BCUT2D eigenvalue weighted by Gasteiger charge is 2.29. The van der Waals surface area contributed by atoms with Gasteiger partial charge in [0.05, 0.1) is 12.1 Å². The molecule has 0 saturated carbocycles. The van der Waals surface area contributed by atoms with Gasteiger partial charge in [0.1, 0.15) is 0 Å². The van der Waals surface area contributed by atoms with Gasteiger partial charge in [0, 0.05) is 59.0 Å². The summed E-state index contributed by atoms with van der Waals surface area (Å²) in [5.41, 5.74) is 1.32. The van der Waals surface area contributed by atoms with Crippen molar-refractivity contribution in [2.24, 2.45) is 4.99 Å². The van der Waals surface area contributed by atoms with Crippen molar-refractivity contribution < 1.29 is 4.74 Å². The van der Waals surface area contributed by atoms with Crippen LogP contribution >= 0.6 is 0 Å². The van der Waals surface area contributed by atoms with Crippen LogP contribution in [-0.2, 0) is 11.3 Å². The third-order valence-electron chi connectivity index (χ3n) is 5.65. The van der Waals surface area contributed by atoms with Crippen LogP contribution in [0, 0.1) is 0 Å². The number of ether oxygens (including phenoxy) is 1. The van der Waals surface area contributed by atoms with Crippen molar-refractivity contribution in [1.82, 2.24) is 20.4 Å². The maximum atomic E-state index is 5.85. The second-order valence-corrected chi connectivity index (χ2v) is 8.13. The van der Waals surface area contributed by atoms with E-state index in [2.05, 4.69) is 64.6 Å². The van der Waals surface area contributed by atoms with Gasteiger partial charge in [-0.15, -0.1) is 0 Å².